The lowest BCUT2D eigenvalue weighted by Crippen LogP contribution is -2.57. The fourth-order valence-electron chi connectivity index (χ4n) is 3.79. The molecule has 2 bridgehead atoms. The molecule has 3 aliphatic heterocycles. The smallest absolute Gasteiger partial charge is 0.410 e. The second-order valence-electron chi connectivity index (χ2n) is 8.34. The van der Waals surface area contributed by atoms with Crippen LogP contribution in [-0.2, 0) is 14.3 Å². The third-order valence-corrected chi connectivity index (χ3v) is 5.14. The van der Waals surface area contributed by atoms with Gasteiger partial charge in [-0.3, -0.25) is 30.5 Å². The van der Waals surface area contributed by atoms with Crippen LogP contribution in [0.25, 0.3) is 0 Å². The number of carbonyl (C=O) groups excluding carboxylic acids is 4. The molecule has 3 atom stereocenters. The molecule has 3 aliphatic rings. The molecule has 0 aromatic heterocycles. The third kappa shape index (κ3) is 3.98. The number of carbonyl (C=O) groups is 4. The summed E-state index contributed by atoms with van der Waals surface area (Å²) in [5, 5.41) is 10.3. The molecule has 28 heavy (non-hydrogen) atoms. The van der Waals surface area contributed by atoms with Crippen molar-refractivity contribution >= 4 is 23.9 Å². The molecule has 0 spiro atoms. The van der Waals surface area contributed by atoms with E-state index < -0.39 is 41.6 Å². The number of rotatable bonds is 2. The molecular weight excluding hydrogens is 370 g/mol. The fraction of sp³-hybridized carbons (Fsp3) is 0.765. The molecule has 0 aromatic carbocycles. The Morgan fingerprint density at radius 3 is 2.36 bits per heavy atom. The van der Waals surface area contributed by atoms with Crippen molar-refractivity contribution in [3.63, 3.8) is 0 Å². The van der Waals surface area contributed by atoms with Gasteiger partial charge in [-0.2, -0.15) is 0 Å². The first-order valence-electron chi connectivity index (χ1n) is 9.46. The molecule has 0 aromatic rings. The summed E-state index contributed by atoms with van der Waals surface area (Å²) < 4.78 is 5.33. The Bertz CT molecular complexity index is 677. The largest absolute Gasteiger partial charge is 0.444 e. The van der Waals surface area contributed by atoms with E-state index in [1.807, 2.05) is 0 Å². The molecule has 3 saturated heterocycles. The summed E-state index contributed by atoms with van der Waals surface area (Å²) in [4.78, 5) is 51.8. The van der Waals surface area contributed by atoms with Crippen LogP contribution in [0.2, 0.25) is 0 Å². The zero-order chi connectivity index (χ0) is 20.6. The minimum atomic E-state index is -0.758. The number of fused-ring (bicyclic) bond motifs is 2. The number of ether oxygens (including phenoxy) is 1. The van der Waals surface area contributed by atoms with Gasteiger partial charge in [-0.25, -0.2) is 14.7 Å². The van der Waals surface area contributed by atoms with Gasteiger partial charge in [-0.05, 0) is 46.5 Å². The first kappa shape index (κ1) is 20.2. The molecule has 0 aliphatic carbocycles. The van der Waals surface area contributed by atoms with Crippen LogP contribution in [0.15, 0.2) is 0 Å². The summed E-state index contributed by atoms with van der Waals surface area (Å²) in [5.74, 6) is -1.04. The monoisotopic (exact) mass is 397 g/mol. The van der Waals surface area contributed by atoms with E-state index in [1.54, 1.807) is 20.8 Å². The van der Waals surface area contributed by atoms with E-state index in [9.17, 15) is 24.4 Å². The van der Waals surface area contributed by atoms with Crippen LogP contribution < -0.4 is 10.9 Å². The molecule has 3 heterocycles. The van der Waals surface area contributed by atoms with E-state index >= 15 is 0 Å². The van der Waals surface area contributed by atoms with Crippen LogP contribution in [0, 0.1) is 0 Å². The number of nitrogens with zero attached hydrogens (tertiary/aromatic N) is 3. The summed E-state index contributed by atoms with van der Waals surface area (Å²) in [6.45, 7) is 5.92. The second-order valence-corrected chi connectivity index (χ2v) is 8.34. The first-order chi connectivity index (χ1) is 13.1. The highest BCUT2D eigenvalue weighted by Gasteiger charge is 2.47. The van der Waals surface area contributed by atoms with Gasteiger partial charge in [0.1, 0.15) is 17.7 Å². The van der Waals surface area contributed by atoms with E-state index in [0.29, 0.717) is 37.3 Å². The van der Waals surface area contributed by atoms with Gasteiger partial charge in [0.05, 0.1) is 6.04 Å². The molecule has 2 unspecified atom stereocenters. The highest BCUT2D eigenvalue weighted by molar-refractivity contribution is 5.91. The van der Waals surface area contributed by atoms with Gasteiger partial charge in [0.15, 0.2) is 0 Å². The molecule has 11 heteroatoms. The molecule has 11 nitrogen and oxygen atoms in total. The number of piperidine rings is 1. The fourth-order valence-corrected chi connectivity index (χ4v) is 3.79. The van der Waals surface area contributed by atoms with Crippen molar-refractivity contribution in [1.82, 2.24) is 25.7 Å². The lowest BCUT2D eigenvalue weighted by atomic mass is 10.0. The van der Waals surface area contributed by atoms with Crippen molar-refractivity contribution in [3.8, 4) is 0 Å². The number of hydrogen-bond acceptors (Lipinski definition) is 6. The Kier molecular flexibility index (Phi) is 5.37. The maximum atomic E-state index is 12.5. The number of nitrogens with one attached hydrogen (secondary N) is 2. The third-order valence-electron chi connectivity index (χ3n) is 5.14. The van der Waals surface area contributed by atoms with Crippen molar-refractivity contribution in [3.05, 3.63) is 0 Å². The second kappa shape index (κ2) is 7.46. The molecule has 0 saturated carbocycles. The topological polar surface area (TPSA) is 132 Å². The summed E-state index contributed by atoms with van der Waals surface area (Å²) in [5.41, 5.74) is 4.03. The van der Waals surface area contributed by atoms with E-state index in [0.717, 1.165) is 0 Å². The molecule has 3 rings (SSSR count). The Balaban J connectivity index is 1.54. The van der Waals surface area contributed by atoms with Gasteiger partial charge in [0, 0.05) is 13.1 Å². The van der Waals surface area contributed by atoms with Crippen molar-refractivity contribution in [2.24, 2.45) is 0 Å². The van der Waals surface area contributed by atoms with Crippen molar-refractivity contribution < 1.29 is 29.1 Å². The Labute approximate surface area is 162 Å². The van der Waals surface area contributed by atoms with Crippen LogP contribution in [0.3, 0.4) is 0 Å². The van der Waals surface area contributed by atoms with Crippen LogP contribution in [0.1, 0.15) is 46.5 Å². The Hall–Kier alpha value is -2.56. The number of hydrogen-bond donors (Lipinski definition) is 3. The van der Waals surface area contributed by atoms with Crippen LogP contribution >= 0.6 is 0 Å². The number of amides is 5. The number of urea groups is 1. The Morgan fingerprint density at radius 1 is 1.07 bits per heavy atom. The van der Waals surface area contributed by atoms with E-state index in [1.165, 1.54) is 9.80 Å². The summed E-state index contributed by atoms with van der Waals surface area (Å²) in [6.07, 6.45) is 1.45. The minimum absolute atomic E-state index is 0.274. The molecule has 3 fully saturated rings. The minimum Gasteiger partial charge on any atom is -0.444 e. The van der Waals surface area contributed by atoms with Gasteiger partial charge in [0.2, 0.25) is 0 Å². The van der Waals surface area contributed by atoms with E-state index in [2.05, 4.69) is 10.9 Å². The average molecular weight is 397 g/mol. The highest BCUT2D eigenvalue weighted by atomic mass is 16.6. The summed E-state index contributed by atoms with van der Waals surface area (Å²) in [7, 11) is 0. The maximum absolute atomic E-state index is 12.5. The number of likely N-dealkylation sites (tertiary alicyclic amines) is 1. The predicted octanol–water partition coefficient (Wildman–Crippen LogP) is 0.191. The molecule has 156 valence electrons. The van der Waals surface area contributed by atoms with Crippen molar-refractivity contribution in [2.45, 2.75) is 70.2 Å². The van der Waals surface area contributed by atoms with E-state index in [-0.39, 0.29) is 12.6 Å². The number of hydrazine groups is 1. The lowest BCUT2D eigenvalue weighted by Gasteiger charge is -2.30. The average Bonchev–Trinajstić information content (AvgIpc) is 3.19. The van der Waals surface area contributed by atoms with Crippen molar-refractivity contribution in [1.29, 1.82) is 0 Å². The quantitative estimate of drug-likeness (QED) is 0.450. The lowest BCUT2D eigenvalue weighted by molar-refractivity contribution is -0.133. The van der Waals surface area contributed by atoms with Crippen LogP contribution in [0.4, 0.5) is 9.59 Å². The normalized spacial score (nSPS) is 27.1. The van der Waals surface area contributed by atoms with Gasteiger partial charge >= 0.3 is 12.1 Å². The Morgan fingerprint density at radius 2 is 1.71 bits per heavy atom. The molecular formula is C17H27N5O6. The first-order valence-corrected chi connectivity index (χ1v) is 9.46. The summed E-state index contributed by atoms with van der Waals surface area (Å²) >= 11 is 0. The zero-order valence-electron chi connectivity index (χ0n) is 16.3. The van der Waals surface area contributed by atoms with Gasteiger partial charge in [-0.15, -0.1) is 0 Å². The van der Waals surface area contributed by atoms with E-state index in [4.69, 9.17) is 4.74 Å². The maximum Gasteiger partial charge on any atom is 0.410 e. The SMILES string of the molecule is CC(C)(C)OC(=O)N1CCCC1C(=O)NNC(=O)C1CC[C@@H]2CN1C(=O)N2O. The van der Waals surface area contributed by atoms with Gasteiger partial charge < -0.3 is 9.64 Å². The molecule has 5 amide bonds. The number of hydroxylamine groups is 2. The van der Waals surface area contributed by atoms with Crippen LogP contribution in [-0.4, -0.2) is 80.8 Å². The van der Waals surface area contributed by atoms with Crippen molar-refractivity contribution in [2.75, 3.05) is 13.1 Å². The zero-order valence-corrected chi connectivity index (χ0v) is 16.3. The van der Waals surface area contributed by atoms with Crippen LogP contribution in [0.5, 0.6) is 0 Å². The van der Waals surface area contributed by atoms with Gasteiger partial charge in [0.25, 0.3) is 11.8 Å². The molecule has 0 radical (unpaired) electrons. The standard InChI is InChI=1S/C17H27N5O6/c1-17(2,3)28-16(26)20-8-4-5-11(20)13(23)18-19-14(24)12-7-6-10-9-21(12)15(25)22(10)27/h10-12,27H,4-9H2,1-3H3,(H,18,23)(H,19,24)/t10-,11?,12?/m1/s1. The summed E-state index contributed by atoms with van der Waals surface area (Å²) in [6, 6.07) is -2.40. The molecule has 3 N–H and O–H groups in total. The predicted molar refractivity (Wildman–Crippen MR) is 94.8 cm³/mol. The van der Waals surface area contributed by atoms with Gasteiger partial charge in [-0.1, -0.05) is 0 Å². The highest BCUT2D eigenvalue weighted by Crippen LogP contribution is 2.28.